The van der Waals surface area contributed by atoms with Gasteiger partial charge < -0.3 is 15.1 Å². The highest BCUT2D eigenvalue weighted by Gasteiger charge is 2.30. The van der Waals surface area contributed by atoms with Crippen molar-refractivity contribution in [3.63, 3.8) is 0 Å². The van der Waals surface area contributed by atoms with Crippen LogP contribution in [0.15, 0.2) is 48.5 Å². The highest BCUT2D eigenvalue weighted by atomic mass is 16.2. The first-order valence-electron chi connectivity index (χ1n) is 11.2. The number of anilines is 2. The molecule has 164 valence electrons. The molecule has 0 aliphatic carbocycles. The first kappa shape index (κ1) is 21.4. The van der Waals surface area contributed by atoms with Gasteiger partial charge in [0, 0.05) is 69.2 Å². The molecule has 2 aliphatic rings. The molecule has 2 aromatic carbocycles. The maximum atomic E-state index is 13.1. The van der Waals surface area contributed by atoms with Crippen LogP contribution in [0.25, 0.3) is 0 Å². The fourth-order valence-corrected chi connectivity index (χ4v) is 4.80. The van der Waals surface area contributed by atoms with Gasteiger partial charge in [-0.3, -0.25) is 14.5 Å². The molecule has 2 aromatic rings. The number of benzene rings is 2. The van der Waals surface area contributed by atoms with E-state index in [-0.39, 0.29) is 11.8 Å². The van der Waals surface area contributed by atoms with Crippen molar-refractivity contribution < 1.29 is 9.59 Å². The molecule has 2 aliphatic heterocycles. The monoisotopic (exact) mass is 420 g/mol. The van der Waals surface area contributed by atoms with E-state index in [9.17, 15) is 9.59 Å². The molecule has 2 saturated heterocycles. The molecule has 2 amide bonds. The standard InChI is InChI=1S/C25H32N4O2/c1-19-7-3-4-11-24(19)28-15-13-27(14-16-28)23-10-6-12-29(18-23)25(31)21-8-5-9-22(17-21)26-20(2)30/h3-5,7-9,11,17,23H,6,10,12-16,18H2,1-2H3,(H,26,30)/t23-/m1/s1. The Bertz CT molecular complexity index is 937. The predicted octanol–water partition coefficient (Wildman–Crippen LogP) is 3.38. The van der Waals surface area contributed by atoms with Gasteiger partial charge in [-0.2, -0.15) is 0 Å². The van der Waals surface area contributed by atoms with E-state index in [1.807, 2.05) is 23.1 Å². The van der Waals surface area contributed by atoms with Crippen LogP contribution in [0.2, 0.25) is 0 Å². The van der Waals surface area contributed by atoms with Crippen LogP contribution in [0.4, 0.5) is 11.4 Å². The third-order valence-electron chi connectivity index (χ3n) is 6.40. The Morgan fingerprint density at radius 2 is 1.74 bits per heavy atom. The molecular weight excluding hydrogens is 388 g/mol. The van der Waals surface area contributed by atoms with Gasteiger partial charge in [-0.05, 0) is 49.6 Å². The van der Waals surface area contributed by atoms with Crippen molar-refractivity contribution in [2.75, 3.05) is 49.5 Å². The lowest BCUT2D eigenvalue weighted by Crippen LogP contribution is -2.56. The van der Waals surface area contributed by atoms with Crippen LogP contribution in [-0.4, -0.2) is 66.9 Å². The number of carbonyl (C=O) groups is 2. The van der Waals surface area contributed by atoms with Gasteiger partial charge in [0.2, 0.25) is 5.91 Å². The molecule has 0 radical (unpaired) electrons. The Labute approximate surface area is 184 Å². The van der Waals surface area contributed by atoms with Gasteiger partial charge in [0.05, 0.1) is 0 Å². The molecule has 0 spiro atoms. The molecule has 0 bridgehead atoms. The summed E-state index contributed by atoms with van der Waals surface area (Å²) >= 11 is 0. The average Bonchev–Trinajstić information content (AvgIpc) is 2.79. The van der Waals surface area contributed by atoms with Gasteiger partial charge in [0.25, 0.3) is 5.91 Å². The SMILES string of the molecule is CC(=O)Nc1cccc(C(=O)N2CCC[C@@H](N3CCN(c4ccccc4C)CC3)C2)c1. The van der Waals surface area contributed by atoms with Crippen molar-refractivity contribution >= 4 is 23.2 Å². The van der Waals surface area contributed by atoms with E-state index in [2.05, 4.69) is 46.3 Å². The number of piperidine rings is 1. The third kappa shape index (κ3) is 5.07. The second-order valence-electron chi connectivity index (χ2n) is 8.62. The number of piperazine rings is 1. The minimum Gasteiger partial charge on any atom is -0.369 e. The largest absolute Gasteiger partial charge is 0.369 e. The first-order chi connectivity index (χ1) is 15.0. The van der Waals surface area contributed by atoms with Gasteiger partial charge in [0.1, 0.15) is 0 Å². The fraction of sp³-hybridized carbons (Fsp3) is 0.440. The summed E-state index contributed by atoms with van der Waals surface area (Å²) in [5, 5.41) is 2.76. The Hall–Kier alpha value is -2.86. The lowest BCUT2D eigenvalue weighted by molar-refractivity contribution is -0.114. The summed E-state index contributed by atoms with van der Waals surface area (Å²) in [5.74, 6) is -0.0806. The van der Waals surface area contributed by atoms with E-state index in [0.29, 0.717) is 17.3 Å². The quantitative estimate of drug-likeness (QED) is 0.824. The number of hydrogen-bond acceptors (Lipinski definition) is 4. The summed E-state index contributed by atoms with van der Waals surface area (Å²) in [6.07, 6.45) is 2.17. The van der Waals surface area contributed by atoms with E-state index >= 15 is 0 Å². The molecule has 0 saturated carbocycles. The summed E-state index contributed by atoms with van der Waals surface area (Å²) in [5.41, 5.74) is 3.96. The number of nitrogens with one attached hydrogen (secondary N) is 1. The fourth-order valence-electron chi connectivity index (χ4n) is 4.80. The van der Waals surface area contributed by atoms with Crippen LogP contribution >= 0.6 is 0 Å². The van der Waals surface area contributed by atoms with Gasteiger partial charge in [-0.25, -0.2) is 0 Å². The first-order valence-corrected chi connectivity index (χ1v) is 11.2. The minimum absolute atomic E-state index is 0.0513. The van der Waals surface area contributed by atoms with Crippen LogP contribution in [0.5, 0.6) is 0 Å². The summed E-state index contributed by atoms with van der Waals surface area (Å²) in [7, 11) is 0. The van der Waals surface area contributed by atoms with Crippen molar-refractivity contribution in [1.82, 2.24) is 9.80 Å². The Kier molecular flexibility index (Phi) is 6.56. The van der Waals surface area contributed by atoms with Crippen molar-refractivity contribution in [2.45, 2.75) is 32.7 Å². The van der Waals surface area contributed by atoms with E-state index < -0.39 is 0 Å². The summed E-state index contributed by atoms with van der Waals surface area (Å²) < 4.78 is 0. The topological polar surface area (TPSA) is 55.9 Å². The minimum atomic E-state index is -0.132. The average molecular weight is 421 g/mol. The Balaban J connectivity index is 1.36. The molecule has 6 nitrogen and oxygen atoms in total. The van der Waals surface area contributed by atoms with Crippen molar-refractivity contribution in [3.8, 4) is 0 Å². The van der Waals surface area contributed by atoms with Crippen LogP contribution in [0.3, 0.4) is 0 Å². The summed E-state index contributed by atoms with van der Waals surface area (Å²) in [6, 6.07) is 16.2. The van der Waals surface area contributed by atoms with E-state index in [4.69, 9.17) is 0 Å². The molecule has 1 N–H and O–H groups in total. The van der Waals surface area contributed by atoms with Gasteiger partial charge >= 0.3 is 0 Å². The van der Waals surface area contributed by atoms with Crippen LogP contribution in [-0.2, 0) is 4.79 Å². The van der Waals surface area contributed by atoms with Crippen LogP contribution in [0, 0.1) is 6.92 Å². The van der Waals surface area contributed by atoms with E-state index in [1.54, 1.807) is 6.07 Å². The molecule has 2 fully saturated rings. The van der Waals surface area contributed by atoms with E-state index in [0.717, 1.165) is 52.1 Å². The Morgan fingerprint density at radius 1 is 0.968 bits per heavy atom. The number of nitrogens with zero attached hydrogens (tertiary/aromatic N) is 3. The van der Waals surface area contributed by atoms with Gasteiger partial charge in [-0.1, -0.05) is 24.3 Å². The molecular formula is C25H32N4O2. The second kappa shape index (κ2) is 9.52. The van der Waals surface area contributed by atoms with Crippen LogP contribution in [0.1, 0.15) is 35.7 Å². The number of para-hydroxylation sites is 1. The molecule has 2 heterocycles. The molecule has 0 unspecified atom stereocenters. The second-order valence-corrected chi connectivity index (χ2v) is 8.62. The van der Waals surface area contributed by atoms with Gasteiger partial charge in [-0.15, -0.1) is 0 Å². The number of aryl methyl sites for hydroxylation is 1. The number of carbonyl (C=O) groups excluding carboxylic acids is 2. The normalized spacial score (nSPS) is 19.9. The van der Waals surface area contributed by atoms with Gasteiger partial charge in [0.15, 0.2) is 0 Å². The number of rotatable bonds is 4. The summed E-state index contributed by atoms with van der Waals surface area (Å²) in [6.45, 7) is 9.31. The molecule has 6 heteroatoms. The third-order valence-corrected chi connectivity index (χ3v) is 6.40. The number of hydrogen-bond donors (Lipinski definition) is 1. The summed E-state index contributed by atoms with van der Waals surface area (Å²) in [4.78, 5) is 31.5. The zero-order valence-corrected chi connectivity index (χ0v) is 18.5. The van der Waals surface area contributed by atoms with Crippen molar-refractivity contribution in [3.05, 3.63) is 59.7 Å². The van der Waals surface area contributed by atoms with E-state index in [1.165, 1.54) is 18.2 Å². The highest BCUT2D eigenvalue weighted by molar-refractivity contribution is 5.96. The lowest BCUT2D eigenvalue weighted by atomic mass is 10.0. The lowest BCUT2D eigenvalue weighted by Gasteiger charge is -2.44. The zero-order valence-electron chi connectivity index (χ0n) is 18.5. The van der Waals surface area contributed by atoms with Crippen LogP contribution < -0.4 is 10.2 Å². The molecule has 4 rings (SSSR count). The molecule has 31 heavy (non-hydrogen) atoms. The Morgan fingerprint density at radius 3 is 2.48 bits per heavy atom. The predicted molar refractivity (Wildman–Crippen MR) is 125 cm³/mol. The number of amides is 2. The number of likely N-dealkylation sites (tertiary alicyclic amines) is 1. The smallest absolute Gasteiger partial charge is 0.253 e. The van der Waals surface area contributed by atoms with Crippen molar-refractivity contribution in [2.24, 2.45) is 0 Å². The molecule has 0 aromatic heterocycles. The highest BCUT2D eigenvalue weighted by Crippen LogP contribution is 2.24. The molecule has 1 atom stereocenters. The maximum Gasteiger partial charge on any atom is 0.253 e. The maximum absolute atomic E-state index is 13.1. The zero-order chi connectivity index (χ0) is 21.8. The van der Waals surface area contributed by atoms with Crippen molar-refractivity contribution in [1.29, 1.82) is 0 Å².